The molecule has 3 heterocycles. The van der Waals surface area contributed by atoms with Gasteiger partial charge in [0.2, 0.25) is 5.91 Å². The Balaban J connectivity index is 0.00000264. The van der Waals surface area contributed by atoms with Gasteiger partial charge in [0.05, 0.1) is 0 Å². The molecule has 1 unspecified atom stereocenters. The lowest BCUT2D eigenvalue weighted by Crippen LogP contribution is -2.63. The summed E-state index contributed by atoms with van der Waals surface area (Å²) < 4.78 is 0. The molecular weight excluding hydrogens is 407 g/mol. The normalized spacial score (nSPS) is 26.4. The van der Waals surface area contributed by atoms with E-state index in [0.717, 1.165) is 32.0 Å². The monoisotopic (exact) mass is 438 g/mol. The van der Waals surface area contributed by atoms with E-state index < -0.39 is 0 Å². The molecule has 0 spiro atoms. The average Bonchev–Trinajstić information content (AvgIpc) is 2.54. The first-order valence-corrected chi connectivity index (χ1v) is 8.29. The van der Waals surface area contributed by atoms with Gasteiger partial charge in [-0.25, -0.2) is 4.99 Å². The van der Waals surface area contributed by atoms with Gasteiger partial charge < -0.3 is 15.5 Å². The van der Waals surface area contributed by atoms with Crippen molar-refractivity contribution in [3.63, 3.8) is 0 Å². The van der Waals surface area contributed by atoms with Gasteiger partial charge in [0.15, 0.2) is 5.96 Å². The summed E-state index contributed by atoms with van der Waals surface area (Å²) in [7, 11) is 3.51. The lowest BCUT2D eigenvalue weighted by atomic mass is 10.1. The molecular formula is C15H31IN6O. The highest BCUT2D eigenvalue weighted by atomic mass is 127. The van der Waals surface area contributed by atoms with Crippen molar-refractivity contribution >= 4 is 35.8 Å². The minimum atomic E-state index is 0. The van der Waals surface area contributed by atoms with Crippen LogP contribution in [0.4, 0.5) is 0 Å². The SMILES string of the molecule is CCCNC(=NCC(=O)N(C)C)NCC1CN2CCN1CC2.I. The second-order valence-corrected chi connectivity index (χ2v) is 6.25. The van der Waals surface area contributed by atoms with Gasteiger partial charge in [0, 0.05) is 66.0 Å². The molecule has 2 bridgehead atoms. The topological polar surface area (TPSA) is 63.2 Å². The molecule has 3 aliphatic rings. The van der Waals surface area contributed by atoms with Crippen LogP contribution in [0.15, 0.2) is 4.99 Å². The van der Waals surface area contributed by atoms with Gasteiger partial charge in [0.1, 0.15) is 6.54 Å². The van der Waals surface area contributed by atoms with Crippen molar-refractivity contribution < 1.29 is 4.79 Å². The summed E-state index contributed by atoms with van der Waals surface area (Å²) in [6, 6.07) is 0.542. The van der Waals surface area contributed by atoms with Crippen LogP contribution >= 0.6 is 24.0 Å². The Bertz CT molecular complexity index is 395. The van der Waals surface area contributed by atoms with Crippen LogP contribution in [0.5, 0.6) is 0 Å². The quantitative estimate of drug-likeness (QED) is 0.337. The lowest BCUT2D eigenvalue weighted by Gasteiger charge is -2.47. The van der Waals surface area contributed by atoms with Crippen molar-refractivity contribution in [2.45, 2.75) is 19.4 Å². The number of aliphatic imine (C=N–C) groups is 1. The highest BCUT2D eigenvalue weighted by molar-refractivity contribution is 14.0. The van der Waals surface area contributed by atoms with E-state index in [0.29, 0.717) is 6.04 Å². The van der Waals surface area contributed by atoms with Crippen molar-refractivity contribution in [1.82, 2.24) is 25.3 Å². The number of carbonyl (C=O) groups is 1. The first kappa shape index (κ1) is 20.4. The number of hydrogen-bond acceptors (Lipinski definition) is 4. The Morgan fingerprint density at radius 3 is 2.43 bits per heavy atom. The zero-order chi connectivity index (χ0) is 15.9. The molecule has 8 heteroatoms. The Hall–Kier alpha value is -0.610. The molecule has 0 aromatic rings. The average molecular weight is 438 g/mol. The number of guanidine groups is 1. The van der Waals surface area contributed by atoms with Crippen LogP contribution in [-0.4, -0.2) is 99.1 Å². The van der Waals surface area contributed by atoms with Crippen molar-refractivity contribution in [3.8, 4) is 0 Å². The standard InChI is InChI=1S/C15H30N6O.HI/c1-4-5-16-15(18-11-14(22)19(2)3)17-10-13-12-20-6-8-21(13)9-7-20;/h13H,4-12H2,1-3H3,(H2,16,17,18);1H. The predicted octanol–water partition coefficient (Wildman–Crippen LogP) is -0.362. The summed E-state index contributed by atoms with van der Waals surface area (Å²) in [5, 5.41) is 6.69. The lowest BCUT2D eigenvalue weighted by molar-refractivity contribution is -0.127. The van der Waals surface area contributed by atoms with Crippen molar-refractivity contribution in [2.24, 2.45) is 4.99 Å². The number of likely N-dealkylation sites (N-methyl/N-ethyl adjacent to an activating group) is 1. The van der Waals surface area contributed by atoms with Crippen LogP contribution in [-0.2, 0) is 4.79 Å². The Morgan fingerprint density at radius 1 is 1.22 bits per heavy atom. The molecule has 0 radical (unpaired) electrons. The molecule has 3 rings (SSSR count). The number of nitrogens with one attached hydrogen (secondary N) is 2. The van der Waals surface area contributed by atoms with Crippen LogP contribution in [0, 0.1) is 0 Å². The number of nitrogens with zero attached hydrogens (tertiary/aromatic N) is 4. The summed E-state index contributed by atoms with van der Waals surface area (Å²) in [6.45, 7) is 9.91. The molecule has 0 aliphatic carbocycles. The molecule has 3 aliphatic heterocycles. The first-order chi connectivity index (χ1) is 10.6. The Kier molecular flexibility index (Phi) is 9.15. The third-order valence-corrected chi connectivity index (χ3v) is 4.31. The largest absolute Gasteiger partial charge is 0.356 e. The second-order valence-electron chi connectivity index (χ2n) is 6.25. The van der Waals surface area contributed by atoms with Crippen molar-refractivity contribution in [3.05, 3.63) is 0 Å². The van der Waals surface area contributed by atoms with Gasteiger partial charge in [0.25, 0.3) is 0 Å². The van der Waals surface area contributed by atoms with E-state index in [1.54, 1.807) is 19.0 Å². The van der Waals surface area contributed by atoms with E-state index in [-0.39, 0.29) is 36.4 Å². The fourth-order valence-electron chi connectivity index (χ4n) is 2.84. The zero-order valence-corrected chi connectivity index (χ0v) is 16.9. The van der Waals surface area contributed by atoms with E-state index >= 15 is 0 Å². The van der Waals surface area contributed by atoms with E-state index in [1.807, 2.05) is 0 Å². The van der Waals surface area contributed by atoms with Gasteiger partial charge in [-0.3, -0.25) is 14.6 Å². The van der Waals surface area contributed by atoms with Gasteiger partial charge in [-0.15, -0.1) is 24.0 Å². The molecule has 0 aromatic heterocycles. The van der Waals surface area contributed by atoms with Crippen LogP contribution in [0.1, 0.15) is 13.3 Å². The summed E-state index contributed by atoms with van der Waals surface area (Å²) in [5.41, 5.74) is 0. The van der Waals surface area contributed by atoms with Gasteiger partial charge in [-0.05, 0) is 6.42 Å². The molecule has 1 atom stereocenters. The fourth-order valence-corrected chi connectivity index (χ4v) is 2.84. The van der Waals surface area contributed by atoms with E-state index in [9.17, 15) is 4.79 Å². The maximum absolute atomic E-state index is 11.7. The molecule has 2 N–H and O–H groups in total. The first-order valence-electron chi connectivity index (χ1n) is 8.29. The molecule has 0 saturated carbocycles. The van der Waals surface area contributed by atoms with Gasteiger partial charge >= 0.3 is 0 Å². The fraction of sp³-hybridized carbons (Fsp3) is 0.867. The van der Waals surface area contributed by atoms with E-state index in [4.69, 9.17) is 0 Å². The summed E-state index contributed by atoms with van der Waals surface area (Å²) in [4.78, 5) is 22.7. The highest BCUT2D eigenvalue weighted by Gasteiger charge is 2.31. The maximum Gasteiger partial charge on any atom is 0.243 e. The molecule has 1 amide bonds. The summed E-state index contributed by atoms with van der Waals surface area (Å²) >= 11 is 0. The van der Waals surface area contributed by atoms with E-state index in [2.05, 4.69) is 32.3 Å². The molecule has 0 aromatic carbocycles. The minimum Gasteiger partial charge on any atom is -0.356 e. The molecule has 3 saturated heterocycles. The predicted molar refractivity (Wildman–Crippen MR) is 105 cm³/mol. The third-order valence-electron chi connectivity index (χ3n) is 4.31. The summed E-state index contributed by atoms with van der Waals surface area (Å²) in [6.07, 6.45) is 1.03. The molecule has 134 valence electrons. The number of fused-ring (bicyclic) bond motifs is 3. The van der Waals surface area contributed by atoms with Gasteiger partial charge in [-0.2, -0.15) is 0 Å². The number of halogens is 1. The second kappa shape index (κ2) is 10.3. The number of piperazine rings is 3. The van der Waals surface area contributed by atoms with Crippen LogP contribution in [0.25, 0.3) is 0 Å². The third kappa shape index (κ3) is 6.42. The number of hydrogen-bond donors (Lipinski definition) is 2. The highest BCUT2D eigenvalue weighted by Crippen LogP contribution is 2.14. The summed E-state index contributed by atoms with van der Waals surface area (Å²) in [5.74, 6) is 0.763. The molecule has 3 fully saturated rings. The Labute approximate surface area is 156 Å². The number of amides is 1. The number of rotatable bonds is 6. The smallest absolute Gasteiger partial charge is 0.243 e. The van der Waals surface area contributed by atoms with Gasteiger partial charge in [-0.1, -0.05) is 6.92 Å². The minimum absolute atomic E-state index is 0. The molecule has 23 heavy (non-hydrogen) atoms. The van der Waals surface area contributed by atoms with E-state index in [1.165, 1.54) is 26.2 Å². The molecule has 7 nitrogen and oxygen atoms in total. The van der Waals surface area contributed by atoms with Crippen molar-refractivity contribution in [1.29, 1.82) is 0 Å². The zero-order valence-electron chi connectivity index (χ0n) is 14.5. The van der Waals surface area contributed by atoms with Crippen molar-refractivity contribution in [2.75, 3.05) is 66.5 Å². The Morgan fingerprint density at radius 2 is 1.91 bits per heavy atom. The van der Waals surface area contributed by atoms with Crippen LogP contribution in [0.3, 0.4) is 0 Å². The van der Waals surface area contributed by atoms with Crippen LogP contribution in [0.2, 0.25) is 0 Å². The number of carbonyl (C=O) groups excluding carboxylic acids is 1. The maximum atomic E-state index is 11.7. The van der Waals surface area contributed by atoms with Crippen LogP contribution < -0.4 is 10.6 Å².